The lowest BCUT2D eigenvalue weighted by Crippen LogP contribution is -1.88. The first kappa shape index (κ1) is 13.1. The van der Waals surface area contributed by atoms with Gasteiger partial charge in [-0.3, -0.25) is 0 Å². The zero-order valence-electron chi connectivity index (χ0n) is 8.66. The molecule has 88 valence electrons. The van der Waals surface area contributed by atoms with Gasteiger partial charge in [0, 0.05) is 9.79 Å². The summed E-state index contributed by atoms with van der Waals surface area (Å²) in [6.07, 6.45) is 0. The average Bonchev–Trinajstić information content (AvgIpc) is 2.31. The summed E-state index contributed by atoms with van der Waals surface area (Å²) in [6, 6.07) is 11.1. The quantitative estimate of drug-likeness (QED) is 0.591. The fourth-order valence-electron chi connectivity index (χ4n) is 1.30. The maximum atomic E-state index is 5.75. The predicted molar refractivity (Wildman–Crippen MR) is 82.0 cm³/mol. The van der Waals surface area contributed by atoms with Gasteiger partial charge in [0.15, 0.2) is 0 Å². The van der Waals surface area contributed by atoms with Crippen LogP contribution < -0.4 is 4.74 Å². The van der Waals surface area contributed by atoms with Crippen LogP contribution in [0.5, 0.6) is 11.5 Å². The fraction of sp³-hybridized carbons (Fsp3) is 0. The third-order valence-electron chi connectivity index (χ3n) is 2.18. The van der Waals surface area contributed by atoms with Crippen LogP contribution in [0.1, 0.15) is 0 Å². The molecule has 0 aliphatic carbocycles. The van der Waals surface area contributed by atoms with Crippen molar-refractivity contribution in [2.45, 2.75) is 19.6 Å². The first-order valence-electron chi connectivity index (χ1n) is 4.79. The summed E-state index contributed by atoms with van der Waals surface area (Å²) in [5, 5.41) is 0. The van der Waals surface area contributed by atoms with Gasteiger partial charge in [-0.1, -0.05) is 12.1 Å². The molecule has 0 atom stereocenters. The molecule has 0 aromatic heterocycles. The molecule has 1 nitrogen and oxygen atoms in total. The fourth-order valence-corrected chi connectivity index (χ4v) is 2.09. The highest BCUT2D eigenvalue weighted by Crippen LogP contribution is 2.36. The molecule has 0 radical (unpaired) electrons. The Morgan fingerprint density at radius 1 is 0.647 bits per heavy atom. The zero-order valence-corrected chi connectivity index (χ0v) is 12.2. The molecule has 0 N–H and O–H groups in total. The molecule has 0 bridgehead atoms. The van der Waals surface area contributed by atoms with Crippen molar-refractivity contribution < 1.29 is 4.74 Å². The van der Waals surface area contributed by atoms with E-state index in [1.54, 1.807) is 0 Å². The minimum Gasteiger partial charge on any atom is -0.455 e. The first-order valence-corrected chi connectivity index (χ1v) is 6.58. The van der Waals surface area contributed by atoms with E-state index in [2.05, 4.69) is 50.5 Å². The van der Waals surface area contributed by atoms with Crippen molar-refractivity contribution in [2.75, 3.05) is 0 Å². The van der Waals surface area contributed by atoms with Crippen LogP contribution in [-0.4, -0.2) is 0 Å². The van der Waals surface area contributed by atoms with Gasteiger partial charge in [-0.05, 0) is 24.3 Å². The summed E-state index contributed by atoms with van der Waals surface area (Å²) in [7, 11) is 0. The Kier molecular flexibility index (Phi) is 4.25. The largest absolute Gasteiger partial charge is 0.455 e. The first-order chi connectivity index (χ1) is 8.09. The summed E-state index contributed by atoms with van der Waals surface area (Å²) < 4.78 is 5.75. The van der Waals surface area contributed by atoms with Crippen molar-refractivity contribution in [3.8, 4) is 11.5 Å². The Bertz CT molecular complexity index is 505. The maximum absolute atomic E-state index is 5.75. The third-order valence-corrected chi connectivity index (χ3v) is 4.20. The molecule has 17 heavy (non-hydrogen) atoms. The lowest BCUT2D eigenvalue weighted by Gasteiger charge is -2.11. The molecule has 0 aliphatic heterocycles. The highest BCUT2D eigenvalue weighted by Gasteiger charge is 2.08. The molecule has 0 spiro atoms. The topological polar surface area (TPSA) is 9.23 Å². The molecular formula is C12H10OS4. The van der Waals surface area contributed by atoms with Crippen molar-refractivity contribution in [2.24, 2.45) is 0 Å². The van der Waals surface area contributed by atoms with E-state index >= 15 is 0 Å². The number of rotatable bonds is 2. The smallest absolute Gasteiger partial charge is 0.141 e. The minimum absolute atomic E-state index is 0.648. The van der Waals surface area contributed by atoms with Gasteiger partial charge >= 0.3 is 0 Å². The van der Waals surface area contributed by atoms with Crippen LogP contribution in [-0.2, 0) is 0 Å². The highest BCUT2D eigenvalue weighted by molar-refractivity contribution is 7.84. The van der Waals surface area contributed by atoms with Crippen LogP contribution >= 0.6 is 50.5 Å². The Morgan fingerprint density at radius 2 is 1.06 bits per heavy atom. The van der Waals surface area contributed by atoms with Crippen LogP contribution in [0.3, 0.4) is 0 Å². The Balaban J connectivity index is 2.38. The molecule has 0 aliphatic rings. The van der Waals surface area contributed by atoms with Gasteiger partial charge in [0.1, 0.15) is 11.5 Å². The van der Waals surface area contributed by atoms with E-state index in [1.807, 2.05) is 36.4 Å². The van der Waals surface area contributed by atoms with E-state index in [9.17, 15) is 0 Å². The second-order valence-corrected chi connectivity index (χ2v) is 5.21. The molecule has 0 heterocycles. The predicted octanol–water partition coefficient (Wildman–Crippen LogP) is 4.63. The summed E-state index contributed by atoms with van der Waals surface area (Å²) in [5.41, 5.74) is 0. The highest BCUT2D eigenvalue weighted by atomic mass is 32.1. The number of hydrogen-bond donors (Lipinski definition) is 4. The van der Waals surface area contributed by atoms with Crippen LogP contribution in [0, 0.1) is 0 Å². The second-order valence-electron chi connectivity index (χ2n) is 3.35. The molecule has 5 heteroatoms. The molecule has 0 amide bonds. The Morgan fingerprint density at radius 3 is 1.47 bits per heavy atom. The third kappa shape index (κ3) is 2.91. The van der Waals surface area contributed by atoms with Gasteiger partial charge in [-0.25, -0.2) is 0 Å². The summed E-state index contributed by atoms with van der Waals surface area (Å²) >= 11 is 17.3. The minimum atomic E-state index is 0.648. The lowest BCUT2D eigenvalue weighted by molar-refractivity contribution is 0.455. The molecule has 2 aromatic rings. The molecular weight excluding hydrogens is 288 g/mol. The molecule has 0 saturated carbocycles. The number of hydrogen-bond acceptors (Lipinski definition) is 5. The van der Waals surface area contributed by atoms with Crippen LogP contribution in [0.15, 0.2) is 56.0 Å². The van der Waals surface area contributed by atoms with Crippen LogP contribution in [0.2, 0.25) is 0 Å². The van der Waals surface area contributed by atoms with Gasteiger partial charge in [0.2, 0.25) is 0 Å². The van der Waals surface area contributed by atoms with Gasteiger partial charge in [0.05, 0.1) is 9.79 Å². The van der Waals surface area contributed by atoms with E-state index in [0.29, 0.717) is 21.3 Å². The molecule has 0 fully saturated rings. The second kappa shape index (κ2) is 5.52. The van der Waals surface area contributed by atoms with E-state index in [-0.39, 0.29) is 0 Å². The molecule has 0 unspecified atom stereocenters. The van der Waals surface area contributed by atoms with Crippen molar-refractivity contribution in [3.05, 3.63) is 36.4 Å². The average molecular weight is 298 g/mol. The molecule has 2 rings (SSSR count). The van der Waals surface area contributed by atoms with E-state index in [1.165, 1.54) is 0 Å². The lowest BCUT2D eigenvalue weighted by atomic mass is 10.3. The van der Waals surface area contributed by atoms with Crippen molar-refractivity contribution in [1.82, 2.24) is 0 Å². The number of ether oxygens (including phenoxy) is 1. The molecule has 0 saturated heterocycles. The normalized spacial score (nSPS) is 10.4. The SMILES string of the molecule is Sc1cccc(Oc2cccc(S)c2S)c1S. The summed E-state index contributed by atoms with van der Waals surface area (Å²) in [5.74, 6) is 1.30. The van der Waals surface area contributed by atoms with E-state index in [4.69, 9.17) is 4.74 Å². The van der Waals surface area contributed by atoms with Gasteiger partial charge in [0.25, 0.3) is 0 Å². The Labute approximate surface area is 122 Å². The van der Waals surface area contributed by atoms with Gasteiger partial charge in [-0.2, -0.15) is 0 Å². The van der Waals surface area contributed by atoms with Gasteiger partial charge in [-0.15, -0.1) is 50.5 Å². The number of thiol groups is 4. The summed E-state index contributed by atoms with van der Waals surface area (Å²) in [4.78, 5) is 2.95. The van der Waals surface area contributed by atoms with Crippen molar-refractivity contribution in [1.29, 1.82) is 0 Å². The maximum Gasteiger partial charge on any atom is 0.141 e. The summed E-state index contributed by atoms with van der Waals surface area (Å²) in [6.45, 7) is 0. The van der Waals surface area contributed by atoms with Crippen molar-refractivity contribution >= 4 is 50.5 Å². The number of benzene rings is 2. The van der Waals surface area contributed by atoms with Crippen molar-refractivity contribution in [3.63, 3.8) is 0 Å². The Hall–Kier alpha value is -0.360. The zero-order chi connectivity index (χ0) is 12.4. The van der Waals surface area contributed by atoms with Gasteiger partial charge < -0.3 is 4.74 Å². The van der Waals surface area contributed by atoms with E-state index in [0.717, 1.165) is 9.79 Å². The monoisotopic (exact) mass is 298 g/mol. The standard InChI is InChI=1S/C12H10OS4/c14-9-5-1-3-7(11(9)16)13-8-4-2-6-10(15)12(8)17/h1-6,14-17H. The molecule has 2 aromatic carbocycles. The van der Waals surface area contributed by atoms with Crippen LogP contribution in [0.4, 0.5) is 0 Å². The van der Waals surface area contributed by atoms with E-state index < -0.39 is 0 Å². The van der Waals surface area contributed by atoms with Crippen LogP contribution in [0.25, 0.3) is 0 Å².